The second kappa shape index (κ2) is 11.9. The predicted octanol–water partition coefficient (Wildman–Crippen LogP) is 0.890. The molecule has 0 aromatic carbocycles. The molecule has 0 saturated heterocycles. The number of ether oxygens (including phenoxy) is 2. The number of hydrogen-bond acceptors (Lipinski definition) is 6. The van der Waals surface area contributed by atoms with Crippen LogP contribution in [0.4, 0.5) is 0 Å². The van der Waals surface area contributed by atoms with Gasteiger partial charge in [-0.25, -0.2) is 0 Å². The molecule has 0 bridgehead atoms. The van der Waals surface area contributed by atoms with Gasteiger partial charge in [-0.05, 0) is 12.8 Å². The zero-order valence-corrected chi connectivity index (χ0v) is 12.3. The van der Waals surface area contributed by atoms with Gasteiger partial charge >= 0.3 is 11.9 Å². The fourth-order valence-corrected chi connectivity index (χ4v) is 0.793. The van der Waals surface area contributed by atoms with Gasteiger partial charge in [0.05, 0.1) is 27.4 Å². The number of unbranched alkanes of at least 4 members (excludes halogenated alkanes) is 1. The van der Waals surface area contributed by atoms with Crippen molar-refractivity contribution in [2.24, 2.45) is 5.41 Å². The second-order valence-corrected chi connectivity index (χ2v) is 4.84. The van der Waals surface area contributed by atoms with Crippen LogP contribution in [-0.4, -0.2) is 49.6 Å². The van der Waals surface area contributed by atoms with Gasteiger partial charge in [0.1, 0.15) is 0 Å². The average molecular weight is 278 g/mol. The summed E-state index contributed by atoms with van der Waals surface area (Å²) in [4.78, 5) is 21.2. The lowest BCUT2D eigenvalue weighted by Gasteiger charge is -2.16. The molecule has 0 unspecified atom stereocenters. The minimum absolute atomic E-state index is 0.0451. The summed E-state index contributed by atoms with van der Waals surface area (Å²) >= 11 is 0. The lowest BCUT2D eigenvalue weighted by molar-refractivity contribution is -0.142. The van der Waals surface area contributed by atoms with E-state index in [4.69, 9.17) is 10.2 Å². The van der Waals surface area contributed by atoms with Gasteiger partial charge < -0.3 is 19.7 Å². The number of carbonyl (C=O) groups excluding carboxylic acids is 2. The number of esters is 2. The van der Waals surface area contributed by atoms with Gasteiger partial charge in [0.25, 0.3) is 0 Å². The molecule has 6 nitrogen and oxygen atoms in total. The molecule has 0 fully saturated rings. The summed E-state index contributed by atoms with van der Waals surface area (Å²) in [5.41, 5.74) is -0.306. The smallest absolute Gasteiger partial charge is 0.305 e. The van der Waals surface area contributed by atoms with Crippen LogP contribution in [0.3, 0.4) is 0 Å². The average Bonchev–Trinajstić information content (AvgIpc) is 2.43. The fourth-order valence-electron chi connectivity index (χ4n) is 0.793. The van der Waals surface area contributed by atoms with E-state index < -0.39 is 0 Å². The Kier molecular flexibility index (Phi) is 12.7. The van der Waals surface area contributed by atoms with Crippen molar-refractivity contribution in [1.29, 1.82) is 0 Å². The monoisotopic (exact) mass is 278 g/mol. The molecular weight excluding hydrogens is 252 g/mol. The molecule has 0 rings (SSSR count). The SMILES string of the molecule is CC(C)(CO)CO.COC(=O)CCCCC(=O)OC. The molecule has 19 heavy (non-hydrogen) atoms. The Hall–Kier alpha value is -1.14. The van der Waals surface area contributed by atoms with Gasteiger partial charge in [0.2, 0.25) is 0 Å². The summed E-state index contributed by atoms with van der Waals surface area (Å²) < 4.78 is 8.86. The molecule has 0 atom stereocenters. The van der Waals surface area contributed by atoms with Gasteiger partial charge in [0, 0.05) is 18.3 Å². The summed E-state index contributed by atoms with van der Waals surface area (Å²) in [5, 5.41) is 16.9. The lowest BCUT2D eigenvalue weighted by atomic mass is 9.97. The third-order valence-corrected chi connectivity index (χ3v) is 2.32. The van der Waals surface area contributed by atoms with Crippen molar-refractivity contribution in [3.05, 3.63) is 0 Å². The van der Waals surface area contributed by atoms with Crippen LogP contribution in [0.2, 0.25) is 0 Å². The molecule has 0 aromatic heterocycles. The quantitative estimate of drug-likeness (QED) is 0.530. The first-order valence-corrected chi connectivity index (χ1v) is 6.18. The van der Waals surface area contributed by atoms with Crippen molar-refractivity contribution in [2.75, 3.05) is 27.4 Å². The first-order chi connectivity index (χ1) is 8.82. The zero-order chi connectivity index (χ0) is 15.3. The molecule has 0 aliphatic heterocycles. The van der Waals surface area contributed by atoms with E-state index in [1.165, 1.54) is 14.2 Å². The van der Waals surface area contributed by atoms with Gasteiger partial charge in [-0.15, -0.1) is 0 Å². The highest BCUT2D eigenvalue weighted by atomic mass is 16.5. The number of aliphatic hydroxyl groups excluding tert-OH is 2. The number of carbonyl (C=O) groups is 2. The molecule has 0 saturated carbocycles. The van der Waals surface area contributed by atoms with Gasteiger partial charge in [0.15, 0.2) is 0 Å². The van der Waals surface area contributed by atoms with E-state index in [0.29, 0.717) is 25.7 Å². The number of rotatable bonds is 7. The van der Waals surface area contributed by atoms with Crippen molar-refractivity contribution in [1.82, 2.24) is 0 Å². The fraction of sp³-hybridized carbons (Fsp3) is 0.846. The summed E-state index contributed by atoms with van der Waals surface area (Å²) in [5.74, 6) is -0.472. The van der Waals surface area contributed by atoms with Crippen molar-refractivity contribution >= 4 is 11.9 Å². The maximum atomic E-state index is 10.6. The third kappa shape index (κ3) is 14.8. The second-order valence-electron chi connectivity index (χ2n) is 4.84. The number of aliphatic hydroxyl groups is 2. The van der Waals surface area contributed by atoms with E-state index in [1.807, 2.05) is 0 Å². The Morgan fingerprint density at radius 3 is 1.37 bits per heavy atom. The topological polar surface area (TPSA) is 93.1 Å². The third-order valence-electron chi connectivity index (χ3n) is 2.32. The molecule has 0 radical (unpaired) electrons. The highest BCUT2D eigenvalue weighted by molar-refractivity contribution is 5.70. The van der Waals surface area contributed by atoms with Crippen LogP contribution in [0.5, 0.6) is 0 Å². The van der Waals surface area contributed by atoms with E-state index in [9.17, 15) is 9.59 Å². The van der Waals surface area contributed by atoms with Crippen LogP contribution >= 0.6 is 0 Å². The van der Waals surface area contributed by atoms with Crippen LogP contribution in [0, 0.1) is 5.41 Å². The van der Waals surface area contributed by atoms with Crippen LogP contribution in [0.25, 0.3) is 0 Å². The number of methoxy groups -OCH3 is 2. The molecule has 0 spiro atoms. The molecule has 0 aliphatic carbocycles. The van der Waals surface area contributed by atoms with Crippen LogP contribution in [0.1, 0.15) is 39.5 Å². The maximum absolute atomic E-state index is 10.6. The van der Waals surface area contributed by atoms with Gasteiger partial charge in [-0.1, -0.05) is 13.8 Å². The maximum Gasteiger partial charge on any atom is 0.305 e. The molecule has 114 valence electrons. The van der Waals surface area contributed by atoms with E-state index in [-0.39, 0.29) is 30.6 Å². The first kappa shape index (κ1) is 20.2. The van der Waals surface area contributed by atoms with E-state index in [2.05, 4.69) is 9.47 Å². The Bertz CT molecular complexity index is 226. The molecule has 6 heteroatoms. The standard InChI is InChI=1S/C8H14O4.C5H12O2/c1-11-7(9)5-3-4-6-8(10)12-2;1-5(2,3-6)4-7/h3-6H2,1-2H3;6-7H,3-4H2,1-2H3. The van der Waals surface area contributed by atoms with E-state index >= 15 is 0 Å². The van der Waals surface area contributed by atoms with Gasteiger partial charge in [-0.2, -0.15) is 0 Å². The molecule has 0 amide bonds. The van der Waals surface area contributed by atoms with Crippen LogP contribution < -0.4 is 0 Å². The summed E-state index contributed by atoms with van der Waals surface area (Å²) in [6, 6.07) is 0. The Morgan fingerprint density at radius 2 is 1.21 bits per heavy atom. The molecule has 0 aromatic rings. The summed E-state index contributed by atoms with van der Waals surface area (Å²) in [6.07, 6.45) is 2.07. The van der Waals surface area contributed by atoms with Gasteiger partial charge in [-0.3, -0.25) is 9.59 Å². The van der Waals surface area contributed by atoms with Crippen molar-refractivity contribution in [3.63, 3.8) is 0 Å². The molecule has 0 aliphatic rings. The Balaban J connectivity index is 0. The highest BCUT2D eigenvalue weighted by Gasteiger charge is 2.13. The molecular formula is C13H26O6. The predicted molar refractivity (Wildman–Crippen MR) is 70.5 cm³/mol. The largest absolute Gasteiger partial charge is 0.469 e. The highest BCUT2D eigenvalue weighted by Crippen LogP contribution is 2.10. The summed E-state index contributed by atoms with van der Waals surface area (Å²) in [6.45, 7) is 3.69. The summed E-state index contributed by atoms with van der Waals surface area (Å²) in [7, 11) is 2.70. The van der Waals surface area contributed by atoms with E-state index in [0.717, 1.165) is 0 Å². The Morgan fingerprint density at radius 1 is 0.895 bits per heavy atom. The normalized spacial score (nSPS) is 10.2. The minimum Gasteiger partial charge on any atom is -0.469 e. The van der Waals surface area contributed by atoms with Crippen molar-refractivity contribution < 1.29 is 29.3 Å². The molecule has 0 heterocycles. The Labute approximate surface area is 114 Å². The lowest BCUT2D eigenvalue weighted by Crippen LogP contribution is -2.20. The molecule has 2 N–H and O–H groups in total. The number of hydrogen-bond donors (Lipinski definition) is 2. The van der Waals surface area contributed by atoms with Crippen molar-refractivity contribution in [2.45, 2.75) is 39.5 Å². The van der Waals surface area contributed by atoms with Crippen LogP contribution in [0.15, 0.2) is 0 Å². The first-order valence-electron chi connectivity index (χ1n) is 6.18. The zero-order valence-electron chi connectivity index (χ0n) is 12.3. The van der Waals surface area contributed by atoms with Crippen LogP contribution in [-0.2, 0) is 19.1 Å². The van der Waals surface area contributed by atoms with E-state index in [1.54, 1.807) is 13.8 Å². The van der Waals surface area contributed by atoms with Crippen molar-refractivity contribution in [3.8, 4) is 0 Å². The minimum atomic E-state index is -0.306.